The second-order valence-corrected chi connectivity index (χ2v) is 7.42. The molecule has 0 saturated heterocycles. The number of carbonyl (C=O) groups is 1. The minimum absolute atomic E-state index is 0.0340. The van der Waals surface area contributed by atoms with Crippen LogP contribution in [0, 0.1) is 11.6 Å². The number of amides is 1. The van der Waals surface area contributed by atoms with E-state index in [2.05, 4.69) is 0 Å². The lowest BCUT2D eigenvalue weighted by molar-refractivity contribution is 0.0722. The number of rotatable bonds is 5. The quantitative estimate of drug-likeness (QED) is 0.659. The smallest absolute Gasteiger partial charge is 0.290 e. The van der Waals surface area contributed by atoms with E-state index in [0.29, 0.717) is 18.5 Å². The van der Waals surface area contributed by atoms with Crippen molar-refractivity contribution in [2.24, 2.45) is 0 Å². The molecule has 1 aliphatic rings. The predicted octanol–water partition coefficient (Wildman–Crippen LogP) is 3.57. The molecule has 3 aromatic rings. The van der Waals surface area contributed by atoms with Crippen LogP contribution in [0.3, 0.4) is 0 Å². The maximum atomic E-state index is 13.7. The van der Waals surface area contributed by atoms with E-state index in [0.717, 1.165) is 12.6 Å². The molecular weight excluding hydrogens is 378 g/mol. The normalized spacial score (nSPS) is 16.1. The van der Waals surface area contributed by atoms with Crippen molar-refractivity contribution in [1.29, 1.82) is 0 Å². The Bertz CT molecular complexity index is 1140. The van der Waals surface area contributed by atoms with E-state index in [1.54, 1.807) is 17.0 Å². The Kier molecular flexibility index (Phi) is 4.92. The molecule has 0 radical (unpaired) electrons. The van der Waals surface area contributed by atoms with Crippen LogP contribution in [-0.2, 0) is 0 Å². The zero-order chi connectivity index (χ0) is 20.7. The molecule has 1 atom stereocenters. The van der Waals surface area contributed by atoms with Crippen LogP contribution < -0.4 is 5.43 Å². The Balaban J connectivity index is 1.88. The van der Waals surface area contributed by atoms with E-state index >= 15 is 0 Å². The molecule has 0 N–H and O–H groups in total. The lowest BCUT2D eigenvalue weighted by atomic mass is 9.98. The molecule has 1 aromatic heterocycles. The van der Waals surface area contributed by atoms with Crippen molar-refractivity contribution in [1.82, 2.24) is 9.80 Å². The van der Waals surface area contributed by atoms with Gasteiger partial charge in [-0.2, -0.15) is 0 Å². The van der Waals surface area contributed by atoms with E-state index in [4.69, 9.17) is 4.42 Å². The van der Waals surface area contributed by atoms with Crippen LogP contribution >= 0.6 is 0 Å². The fraction of sp³-hybridized carbons (Fsp3) is 0.273. The van der Waals surface area contributed by atoms with Gasteiger partial charge in [-0.3, -0.25) is 9.59 Å². The molecule has 0 spiro atoms. The van der Waals surface area contributed by atoms with Crippen molar-refractivity contribution in [3.63, 3.8) is 0 Å². The van der Waals surface area contributed by atoms with E-state index < -0.39 is 29.0 Å². The van der Waals surface area contributed by atoms with Gasteiger partial charge in [0.2, 0.25) is 5.76 Å². The van der Waals surface area contributed by atoms with E-state index in [1.807, 2.05) is 19.0 Å². The second-order valence-electron chi connectivity index (χ2n) is 7.42. The van der Waals surface area contributed by atoms with Gasteiger partial charge < -0.3 is 14.2 Å². The van der Waals surface area contributed by atoms with Crippen LogP contribution in [0.5, 0.6) is 0 Å². The molecule has 150 valence electrons. The molecule has 0 fully saturated rings. The monoisotopic (exact) mass is 398 g/mol. The van der Waals surface area contributed by atoms with Gasteiger partial charge in [0, 0.05) is 6.54 Å². The summed E-state index contributed by atoms with van der Waals surface area (Å²) >= 11 is 0. The zero-order valence-electron chi connectivity index (χ0n) is 16.1. The number of hydrogen-bond donors (Lipinski definition) is 0. The van der Waals surface area contributed by atoms with E-state index in [1.165, 1.54) is 24.3 Å². The molecule has 0 aliphatic carbocycles. The summed E-state index contributed by atoms with van der Waals surface area (Å²) < 4.78 is 32.9. The minimum atomic E-state index is -0.704. The third kappa shape index (κ3) is 3.42. The summed E-state index contributed by atoms with van der Waals surface area (Å²) in [4.78, 5) is 29.9. The Hall–Kier alpha value is -3.06. The Labute approximate surface area is 166 Å². The molecule has 5 nitrogen and oxygen atoms in total. The highest BCUT2D eigenvalue weighted by Crippen LogP contribution is 2.38. The number of benzene rings is 2. The third-order valence-electron chi connectivity index (χ3n) is 5.12. The average molecular weight is 398 g/mol. The topological polar surface area (TPSA) is 53.8 Å². The van der Waals surface area contributed by atoms with Crippen LogP contribution in [-0.4, -0.2) is 42.9 Å². The molecular formula is C22H20F2N2O3. The van der Waals surface area contributed by atoms with Gasteiger partial charge in [0.05, 0.1) is 17.0 Å². The molecule has 0 saturated carbocycles. The number of carbonyl (C=O) groups excluding carboxylic acids is 1. The Morgan fingerprint density at radius 3 is 2.41 bits per heavy atom. The highest BCUT2D eigenvalue weighted by molar-refractivity contribution is 5.99. The van der Waals surface area contributed by atoms with Gasteiger partial charge in [-0.15, -0.1) is 0 Å². The fourth-order valence-electron chi connectivity index (χ4n) is 3.77. The first-order valence-electron chi connectivity index (χ1n) is 9.34. The molecule has 4 rings (SSSR count). The Morgan fingerprint density at radius 2 is 1.72 bits per heavy atom. The third-order valence-corrected chi connectivity index (χ3v) is 5.12. The van der Waals surface area contributed by atoms with Crippen molar-refractivity contribution in [3.05, 3.63) is 81.2 Å². The largest absolute Gasteiger partial charge is 0.450 e. The van der Waals surface area contributed by atoms with Crippen molar-refractivity contribution in [2.45, 2.75) is 12.5 Å². The molecule has 1 amide bonds. The summed E-state index contributed by atoms with van der Waals surface area (Å²) in [5.41, 5.74) is 0.492. The summed E-state index contributed by atoms with van der Waals surface area (Å²) in [5, 5.41) is 0.0822. The van der Waals surface area contributed by atoms with Gasteiger partial charge in [-0.1, -0.05) is 12.1 Å². The summed E-state index contributed by atoms with van der Waals surface area (Å²) in [7, 11) is 3.87. The number of nitrogens with zero attached hydrogens (tertiary/aromatic N) is 2. The number of hydrogen-bond acceptors (Lipinski definition) is 4. The fourth-order valence-corrected chi connectivity index (χ4v) is 3.77. The molecule has 1 aliphatic heterocycles. The number of fused-ring (bicyclic) bond motifs is 2. The van der Waals surface area contributed by atoms with Crippen LogP contribution in [0.1, 0.15) is 34.1 Å². The zero-order valence-corrected chi connectivity index (χ0v) is 16.1. The van der Waals surface area contributed by atoms with E-state index in [9.17, 15) is 18.4 Å². The minimum Gasteiger partial charge on any atom is -0.450 e. The van der Waals surface area contributed by atoms with Crippen molar-refractivity contribution in [3.8, 4) is 0 Å². The maximum absolute atomic E-state index is 13.7. The first-order valence-corrected chi connectivity index (χ1v) is 9.34. The van der Waals surface area contributed by atoms with E-state index in [-0.39, 0.29) is 22.3 Å². The molecule has 29 heavy (non-hydrogen) atoms. The second kappa shape index (κ2) is 7.40. The molecule has 0 unspecified atom stereocenters. The van der Waals surface area contributed by atoms with Gasteiger partial charge in [-0.05, 0) is 63.0 Å². The standard InChI is InChI=1S/C22H20F2N2O3/c1-25(2)10-3-11-26-19(13-4-6-14(23)7-5-13)18-20(27)16-12-15(24)8-9-17(16)29-21(18)22(26)28/h4-9,12,19H,3,10-11H2,1-2H3/t19-/m1/s1. The first kappa shape index (κ1) is 19.3. The number of halogens is 2. The summed E-state index contributed by atoms with van der Waals surface area (Å²) in [6, 6.07) is 8.63. The SMILES string of the molecule is CN(C)CCCN1C(=O)c2oc3ccc(F)cc3c(=O)c2[C@H]1c1ccc(F)cc1. The lowest BCUT2D eigenvalue weighted by Gasteiger charge is -2.25. The van der Waals surface area contributed by atoms with Crippen molar-refractivity contribution < 1.29 is 18.0 Å². The summed E-state index contributed by atoms with van der Waals surface area (Å²) in [6.45, 7) is 1.15. The molecule has 2 aromatic carbocycles. The van der Waals surface area contributed by atoms with Crippen LogP contribution in [0.15, 0.2) is 51.7 Å². The van der Waals surface area contributed by atoms with Gasteiger partial charge in [0.1, 0.15) is 17.2 Å². The Morgan fingerprint density at radius 1 is 1.03 bits per heavy atom. The summed E-state index contributed by atoms with van der Waals surface area (Å²) in [5.74, 6) is -1.40. The highest BCUT2D eigenvalue weighted by Gasteiger charge is 2.42. The van der Waals surface area contributed by atoms with Gasteiger partial charge in [-0.25, -0.2) is 8.78 Å². The lowest BCUT2D eigenvalue weighted by Crippen LogP contribution is -2.32. The maximum Gasteiger partial charge on any atom is 0.290 e. The van der Waals surface area contributed by atoms with Gasteiger partial charge in [0.15, 0.2) is 5.43 Å². The average Bonchev–Trinajstić information content (AvgIpc) is 2.95. The first-order chi connectivity index (χ1) is 13.9. The van der Waals surface area contributed by atoms with Crippen LogP contribution in [0.25, 0.3) is 11.0 Å². The van der Waals surface area contributed by atoms with Crippen molar-refractivity contribution in [2.75, 3.05) is 27.2 Å². The highest BCUT2D eigenvalue weighted by atomic mass is 19.1. The predicted molar refractivity (Wildman–Crippen MR) is 105 cm³/mol. The molecule has 0 bridgehead atoms. The summed E-state index contributed by atoms with van der Waals surface area (Å²) in [6.07, 6.45) is 0.687. The van der Waals surface area contributed by atoms with Crippen LogP contribution in [0.2, 0.25) is 0 Å². The molecule has 2 heterocycles. The molecule has 7 heteroatoms. The van der Waals surface area contributed by atoms with Gasteiger partial charge >= 0.3 is 0 Å². The van der Waals surface area contributed by atoms with Gasteiger partial charge in [0.25, 0.3) is 5.91 Å². The van der Waals surface area contributed by atoms with Crippen LogP contribution in [0.4, 0.5) is 8.78 Å². The van der Waals surface area contributed by atoms with Crippen molar-refractivity contribution >= 4 is 16.9 Å².